The lowest BCUT2D eigenvalue weighted by molar-refractivity contribution is 0.833. The van der Waals surface area contributed by atoms with E-state index in [0.717, 1.165) is 0 Å². The van der Waals surface area contributed by atoms with E-state index < -0.39 is 0 Å². The van der Waals surface area contributed by atoms with E-state index in [4.69, 9.17) is 11.0 Å². The molecule has 0 fully saturated rings. The molecule has 0 spiro atoms. The van der Waals surface area contributed by atoms with Crippen LogP contribution >= 0.6 is 0 Å². The monoisotopic (exact) mass is 114 g/mol. The summed E-state index contributed by atoms with van der Waals surface area (Å²) in [5.41, 5.74) is 4.92. The molecular weight excluding hydrogens is 104 g/mol. The summed E-state index contributed by atoms with van der Waals surface area (Å²) in [6.07, 6.45) is 1.44. The molecule has 4 nitrogen and oxygen atoms in total. The molecule has 0 aliphatic rings. The second-order valence-corrected chi connectivity index (χ2v) is 0.816. The maximum Gasteiger partial charge on any atom is 0.205 e. The first-order chi connectivity index (χ1) is 3.83. The van der Waals surface area contributed by atoms with Crippen LogP contribution in [0.15, 0.2) is 4.99 Å². The molecule has 0 aliphatic heterocycles. The van der Waals surface area contributed by atoms with Crippen LogP contribution in [-0.2, 0) is 0 Å². The van der Waals surface area contributed by atoms with Gasteiger partial charge in [0, 0.05) is 13.4 Å². The van der Waals surface area contributed by atoms with Crippen molar-refractivity contribution in [3.63, 3.8) is 0 Å². The molecule has 0 aromatic heterocycles. The lowest BCUT2D eigenvalue weighted by Gasteiger charge is -1.77. The summed E-state index contributed by atoms with van der Waals surface area (Å²) in [7, 11) is 1.81. The number of hydrogen-bond acceptors (Lipinski definition) is 4. The molecule has 0 aliphatic carbocycles. The first-order valence-corrected chi connectivity index (χ1v) is 2.03. The molecule has 0 aromatic carbocycles. The molecule has 0 rings (SSSR count). The van der Waals surface area contributed by atoms with E-state index in [2.05, 4.69) is 17.0 Å². The highest BCUT2D eigenvalue weighted by molar-refractivity contribution is 5.25. The first-order valence-electron chi connectivity index (χ1n) is 2.03. The quantitative estimate of drug-likeness (QED) is 0.268. The van der Waals surface area contributed by atoms with E-state index in [1.165, 1.54) is 6.19 Å². The van der Waals surface area contributed by atoms with Crippen molar-refractivity contribution >= 4 is 6.72 Å². The Morgan fingerprint density at radius 1 is 2.00 bits per heavy atom. The summed E-state index contributed by atoms with van der Waals surface area (Å²) in [5.74, 6) is 0. The maximum absolute atomic E-state index is 7.40. The van der Waals surface area contributed by atoms with Crippen molar-refractivity contribution in [2.75, 3.05) is 13.7 Å². The summed E-state index contributed by atoms with van der Waals surface area (Å²) in [4.78, 5) is 2.79. The van der Waals surface area contributed by atoms with Crippen LogP contribution in [0, 0.1) is 11.5 Å². The van der Waals surface area contributed by atoms with E-state index in [9.17, 15) is 0 Å². The Hall–Kier alpha value is -0.920. The van der Waals surface area contributed by atoms with Crippen LogP contribution in [0.1, 0.15) is 0 Å². The molecule has 0 saturated carbocycles. The van der Waals surface area contributed by atoms with E-state index in [-0.39, 0.29) is 0 Å². The minimum atomic E-state index is 0.569. The molecule has 0 bridgehead atoms. The summed E-state index contributed by atoms with van der Waals surface area (Å²) >= 11 is 0. The van der Waals surface area contributed by atoms with Crippen molar-refractivity contribution in [1.82, 2.24) is 5.32 Å². The molecule has 0 amide bonds. The highest BCUT2D eigenvalue weighted by atomic mass is 14.9. The van der Waals surface area contributed by atoms with Crippen LogP contribution in [0.3, 0.4) is 0 Å². The van der Waals surface area contributed by atoms with Gasteiger partial charge in [-0.05, 0) is 7.05 Å². The van der Waals surface area contributed by atoms with Gasteiger partial charge in [-0.3, -0.25) is 0 Å². The Bertz CT molecular complexity index is 70.6. The van der Waals surface area contributed by atoms with Crippen molar-refractivity contribution in [1.29, 1.82) is 5.26 Å². The Kier molecular flexibility index (Phi) is 21.0. The minimum Gasteiger partial charge on any atom is -0.319 e. The van der Waals surface area contributed by atoms with Gasteiger partial charge in [0.15, 0.2) is 0 Å². The molecule has 8 heavy (non-hydrogen) atoms. The van der Waals surface area contributed by atoms with E-state index in [1.54, 1.807) is 7.05 Å². The lowest BCUT2D eigenvalue weighted by Crippen LogP contribution is -2.15. The van der Waals surface area contributed by atoms with Crippen molar-refractivity contribution in [2.24, 2.45) is 10.7 Å². The number of rotatable bonds is 1. The van der Waals surface area contributed by atoms with Crippen LogP contribution in [0.2, 0.25) is 0 Å². The third kappa shape index (κ3) is 72.5. The Balaban J connectivity index is 0. The third-order valence-electron chi connectivity index (χ3n) is 0.275. The van der Waals surface area contributed by atoms with Crippen molar-refractivity contribution in [3.05, 3.63) is 0 Å². The lowest BCUT2D eigenvalue weighted by atomic mass is 11.1. The van der Waals surface area contributed by atoms with E-state index in [1.807, 2.05) is 0 Å². The number of nitrogens with one attached hydrogen (secondary N) is 1. The van der Waals surface area contributed by atoms with Crippen LogP contribution in [0.5, 0.6) is 0 Å². The fourth-order valence-corrected chi connectivity index (χ4v) is 0. The molecule has 0 aromatic rings. The normalized spacial score (nSPS) is 5.62. The maximum atomic E-state index is 7.40. The largest absolute Gasteiger partial charge is 0.319 e. The number of nitrogens with zero attached hydrogens (tertiary/aromatic N) is 2. The SMILES string of the molecule is C=NC#N.CNCN. The van der Waals surface area contributed by atoms with Gasteiger partial charge in [-0.2, -0.15) is 10.3 Å². The van der Waals surface area contributed by atoms with E-state index in [0.29, 0.717) is 6.67 Å². The molecule has 3 N–H and O–H groups in total. The highest BCUT2D eigenvalue weighted by Gasteiger charge is 1.49. The van der Waals surface area contributed by atoms with Gasteiger partial charge in [0.1, 0.15) is 0 Å². The Labute approximate surface area is 49.0 Å². The van der Waals surface area contributed by atoms with Gasteiger partial charge in [-0.25, -0.2) is 0 Å². The average molecular weight is 114 g/mol. The summed E-state index contributed by atoms with van der Waals surface area (Å²) < 4.78 is 0. The van der Waals surface area contributed by atoms with Gasteiger partial charge in [-0.15, -0.1) is 0 Å². The standard InChI is InChI=1S/C2H8N2.C2H2N2/c2*1-4-2-3/h4H,2-3H2,1H3;1H2. The molecular formula is C4H10N4. The molecule has 0 saturated heterocycles. The van der Waals surface area contributed by atoms with Crippen molar-refractivity contribution in [2.45, 2.75) is 0 Å². The number of hydrogen-bond donors (Lipinski definition) is 2. The fourth-order valence-electron chi connectivity index (χ4n) is 0. The predicted octanol–water partition coefficient (Wildman–Crippen LogP) is -0.710. The van der Waals surface area contributed by atoms with Gasteiger partial charge in [-0.1, -0.05) is 0 Å². The second kappa shape index (κ2) is 16.5. The van der Waals surface area contributed by atoms with Crippen LogP contribution < -0.4 is 11.1 Å². The fraction of sp³-hybridized carbons (Fsp3) is 0.500. The number of aliphatic imine (C=N–C) groups is 1. The summed E-state index contributed by atoms with van der Waals surface area (Å²) in [6.45, 7) is 3.44. The van der Waals surface area contributed by atoms with Crippen LogP contribution in [0.25, 0.3) is 0 Å². The van der Waals surface area contributed by atoms with Gasteiger partial charge in [0.05, 0.1) is 0 Å². The molecule has 0 unspecified atom stereocenters. The molecule has 0 heterocycles. The Morgan fingerprint density at radius 3 is 2.25 bits per heavy atom. The molecule has 46 valence electrons. The predicted molar refractivity (Wildman–Crippen MR) is 33.3 cm³/mol. The van der Waals surface area contributed by atoms with Crippen LogP contribution in [0.4, 0.5) is 0 Å². The second-order valence-electron chi connectivity index (χ2n) is 0.816. The summed E-state index contributed by atoms with van der Waals surface area (Å²) in [5, 5.41) is 10.1. The number of nitriles is 1. The van der Waals surface area contributed by atoms with Gasteiger partial charge < -0.3 is 11.1 Å². The molecule has 0 radical (unpaired) electrons. The Morgan fingerprint density at radius 2 is 2.25 bits per heavy atom. The van der Waals surface area contributed by atoms with E-state index >= 15 is 0 Å². The van der Waals surface area contributed by atoms with Crippen molar-refractivity contribution in [3.8, 4) is 6.19 Å². The highest BCUT2D eigenvalue weighted by Crippen LogP contribution is 1.37. The smallest absolute Gasteiger partial charge is 0.205 e. The zero-order valence-electron chi connectivity index (χ0n) is 4.89. The van der Waals surface area contributed by atoms with Gasteiger partial charge in [0.25, 0.3) is 0 Å². The van der Waals surface area contributed by atoms with Gasteiger partial charge >= 0.3 is 0 Å². The number of nitrogens with two attached hydrogens (primary N) is 1. The summed E-state index contributed by atoms with van der Waals surface area (Å²) in [6, 6.07) is 0. The molecule has 0 atom stereocenters. The zero-order valence-corrected chi connectivity index (χ0v) is 4.89. The zero-order chi connectivity index (χ0) is 6.83. The van der Waals surface area contributed by atoms with Crippen molar-refractivity contribution < 1.29 is 0 Å². The average Bonchev–Trinajstić information content (AvgIpc) is 1.88. The molecule has 4 heteroatoms. The minimum absolute atomic E-state index is 0.569. The van der Waals surface area contributed by atoms with Gasteiger partial charge in [0.2, 0.25) is 6.19 Å². The first kappa shape index (κ1) is 10.1. The topological polar surface area (TPSA) is 74.2 Å². The van der Waals surface area contributed by atoms with Crippen LogP contribution in [-0.4, -0.2) is 20.4 Å². The third-order valence-corrected chi connectivity index (χ3v) is 0.275.